The molecule has 0 spiro atoms. The van der Waals surface area contributed by atoms with Crippen molar-refractivity contribution in [3.8, 4) is 0 Å². The van der Waals surface area contributed by atoms with Crippen LogP contribution in [0.5, 0.6) is 0 Å². The van der Waals surface area contributed by atoms with Gasteiger partial charge in [-0.15, -0.1) is 0 Å². The second kappa shape index (κ2) is 6.28. The molecule has 0 radical (unpaired) electrons. The van der Waals surface area contributed by atoms with E-state index in [4.69, 9.17) is 11.6 Å². The summed E-state index contributed by atoms with van der Waals surface area (Å²) in [7, 11) is 0. The lowest BCUT2D eigenvalue weighted by atomic mass is 9.89. The van der Waals surface area contributed by atoms with Crippen molar-refractivity contribution in [3.05, 3.63) is 65.2 Å². The fraction of sp³-hybridized carbons (Fsp3) is 0.478. The number of hydrogen-bond acceptors (Lipinski definition) is 2. The minimum Gasteiger partial charge on any atom is -0.369 e. The van der Waals surface area contributed by atoms with E-state index in [0.717, 1.165) is 49.0 Å². The van der Waals surface area contributed by atoms with Crippen molar-refractivity contribution >= 4 is 17.3 Å². The van der Waals surface area contributed by atoms with Crippen LogP contribution in [0, 0.1) is 17.8 Å². The quantitative estimate of drug-likeness (QED) is 0.751. The minimum absolute atomic E-state index is 0.250. The maximum atomic E-state index is 6.38. The van der Waals surface area contributed by atoms with Crippen LogP contribution in [-0.4, -0.2) is 31.1 Å². The zero-order valence-corrected chi connectivity index (χ0v) is 16.2. The van der Waals surface area contributed by atoms with Crippen LogP contribution in [0.2, 0.25) is 5.02 Å². The van der Waals surface area contributed by atoms with Gasteiger partial charge < -0.3 is 4.90 Å². The average molecular weight is 367 g/mol. The summed E-state index contributed by atoms with van der Waals surface area (Å²) in [6, 6.07) is 19.5. The molecule has 2 nitrogen and oxygen atoms in total. The predicted molar refractivity (Wildman–Crippen MR) is 109 cm³/mol. The van der Waals surface area contributed by atoms with Crippen molar-refractivity contribution in [2.75, 3.05) is 31.1 Å². The van der Waals surface area contributed by atoms with E-state index >= 15 is 0 Å². The van der Waals surface area contributed by atoms with Crippen LogP contribution >= 0.6 is 11.6 Å². The van der Waals surface area contributed by atoms with Gasteiger partial charge >= 0.3 is 0 Å². The molecule has 3 fully saturated rings. The molecule has 5 rings (SSSR count). The third-order valence-electron chi connectivity index (χ3n) is 7.03. The van der Waals surface area contributed by atoms with Crippen LogP contribution in [0.1, 0.15) is 25.3 Å². The number of nitrogens with zero attached hydrogens (tertiary/aromatic N) is 2. The van der Waals surface area contributed by atoms with Gasteiger partial charge in [-0.3, -0.25) is 4.90 Å². The number of piperazine rings is 1. The first-order valence-corrected chi connectivity index (χ1v) is 10.4. The van der Waals surface area contributed by atoms with E-state index in [1.165, 1.54) is 24.1 Å². The topological polar surface area (TPSA) is 6.48 Å². The summed E-state index contributed by atoms with van der Waals surface area (Å²) in [6.45, 7) is 6.93. The van der Waals surface area contributed by atoms with Gasteiger partial charge in [0.05, 0.1) is 5.54 Å². The Labute approximate surface area is 161 Å². The predicted octanol–water partition coefficient (Wildman–Crippen LogP) is 5.03. The van der Waals surface area contributed by atoms with Crippen LogP contribution in [0.3, 0.4) is 0 Å². The van der Waals surface area contributed by atoms with E-state index in [2.05, 4.69) is 65.3 Å². The molecule has 2 unspecified atom stereocenters. The number of anilines is 1. The Morgan fingerprint density at radius 1 is 0.885 bits per heavy atom. The third-order valence-corrected chi connectivity index (χ3v) is 7.27. The second-order valence-electron chi connectivity index (χ2n) is 8.43. The van der Waals surface area contributed by atoms with Crippen LogP contribution in [0.15, 0.2) is 54.6 Å². The summed E-state index contributed by atoms with van der Waals surface area (Å²) in [5.41, 5.74) is 3.06. The van der Waals surface area contributed by atoms with Crippen LogP contribution in [-0.2, 0) is 5.54 Å². The monoisotopic (exact) mass is 366 g/mol. The van der Waals surface area contributed by atoms with Gasteiger partial charge in [-0.05, 0) is 60.4 Å². The van der Waals surface area contributed by atoms with Gasteiger partial charge in [0.1, 0.15) is 0 Å². The molecule has 136 valence electrons. The zero-order valence-electron chi connectivity index (χ0n) is 15.4. The molecule has 0 bridgehead atoms. The summed E-state index contributed by atoms with van der Waals surface area (Å²) in [5.74, 6) is 2.52. The molecule has 1 saturated heterocycles. The van der Waals surface area contributed by atoms with Gasteiger partial charge in [-0.1, -0.05) is 48.9 Å². The van der Waals surface area contributed by atoms with E-state index in [1.807, 2.05) is 6.07 Å². The van der Waals surface area contributed by atoms with E-state index in [9.17, 15) is 0 Å². The Bertz CT molecular complexity index is 770. The average Bonchev–Trinajstić information content (AvgIpc) is 3.10. The Kier molecular flexibility index (Phi) is 4.02. The molecule has 2 aliphatic carbocycles. The van der Waals surface area contributed by atoms with Crippen molar-refractivity contribution < 1.29 is 0 Å². The molecule has 3 aliphatic rings. The third kappa shape index (κ3) is 2.50. The largest absolute Gasteiger partial charge is 0.369 e. The fourth-order valence-electron chi connectivity index (χ4n) is 5.96. The van der Waals surface area contributed by atoms with Gasteiger partial charge in [0.15, 0.2) is 0 Å². The molecule has 2 saturated carbocycles. The molecule has 26 heavy (non-hydrogen) atoms. The van der Waals surface area contributed by atoms with E-state index in [0.29, 0.717) is 0 Å². The van der Waals surface area contributed by atoms with Crippen LogP contribution in [0.25, 0.3) is 0 Å². The normalized spacial score (nSPS) is 33.9. The highest BCUT2D eigenvalue weighted by atomic mass is 35.5. The van der Waals surface area contributed by atoms with Gasteiger partial charge in [-0.2, -0.15) is 0 Å². The lowest BCUT2D eigenvalue weighted by Gasteiger charge is -2.43. The SMILES string of the molecule is CC1C[C@@H]2[C@H](C1)C2(c1cccc(Cl)c1)N1CCN(c2ccccc2)CC1. The van der Waals surface area contributed by atoms with Crippen molar-refractivity contribution in [2.24, 2.45) is 17.8 Å². The lowest BCUT2D eigenvalue weighted by Crippen LogP contribution is -2.52. The molecular formula is C23H27ClN2. The van der Waals surface area contributed by atoms with Crippen molar-refractivity contribution in [1.29, 1.82) is 0 Å². The summed E-state index contributed by atoms with van der Waals surface area (Å²) in [5, 5.41) is 0.878. The van der Waals surface area contributed by atoms with Crippen LogP contribution in [0.4, 0.5) is 5.69 Å². The highest BCUT2D eigenvalue weighted by Gasteiger charge is 2.70. The Balaban J connectivity index is 1.40. The van der Waals surface area contributed by atoms with Crippen LogP contribution < -0.4 is 4.90 Å². The number of halogens is 1. The number of para-hydroxylation sites is 1. The molecule has 1 aliphatic heterocycles. The smallest absolute Gasteiger partial charge is 0.0526 e. The van der Waals surface area contributed by atoms with Crippen molar-refractivity contribution in [3.63, 3.8) is 0 Å². The molecule has 0 amide bonds. The molecule has 3 heteroatoms. The van der Waals surface area contributed by atoms with Gasteiger partial charge in [0.2, 0.25) is 0 Å². The van der Waals surface area contributed by atoms with E-state index < -0.39 is 0 Å². The van der Waals surface area contributed by atoms with Crippen molar-refractivity contribution in [1.82, 2.24) is 4.90 Å². The zero-order chi connectivity index (χ0) is 17.7. The fourth-order valence-corrected chi connectivity index (χ4v) is 6.15. The highest BCUT2D eigenvalue weighted by Crippen LogP contribution is 2.70. The first-order valence-electron chi connectivity index (χ1n) is 10.0. The maximum Gasteiger partial charge on any atom is 0.0526 e. The summed E-state index contributed by atoms with van der Waals surface area (Å²) in [4.78, 5) is 5.32. The number of fused-ring (bicyclic) bond motifs is 1. The molecule has 0 N–H and O–H groups in total. The lowest BCUT2D eigenvalue weighted by molar-refractivity contribution is 0.124. The molecule has 1 heterocycles. The second-order valence-corrected chi connectivity index (χ2v) is 8.87. The Morgan fingerprint density at radius 2 is 1.58 bits per heavy atom. The van der Waals surface area contributed by atoms with Gasteiger partial charge in [0.25, 0.3) is 0 Å². The Hall–Kier alpha value is -1.51. The van der Waals surface area contributed by atoms with E-state index in [1.54, 1.807) is 0 Å². The van der Waals surface area contributed by atoms with Gasteiger partial charge in [-0.25, -0.2) is 0 Å². The maximum absolute atomic E-state index is 6.38. The minimum atomic E-state index is 0.250. The van der Waals surface area contributed by atoms with Crippen molar-refractivity contribution in [2.45, 2.75) is 25.3 Å². The first kappa shape index (κ1) is 16.6. The standard InChI is InChI=1S/C23H27ClN2/c1-17-14-21-22(15-17)23(21,18-6-5-7-19(24)16-18)26-12-10-25(11-13-26)20-8-3-2-4-9-20/h2-9,16-17,21-22H,10-15H2,1H3/t17?,21-,22+,23?. The number of hydrogen-bond donors (Lipinski definition) is 0. The molecule has 4 atom stereocenters. The Morgan fingerprint density at radius 3 is 2.23 bits per heavy atom. The summed E-state index contributed by atoms with van der Waals surface area (Å²) in [6.07, 6.45) is 2.74. The summed E-state index contributed by atoms with van der Waals surface area (Å²) < 4.78 is 0. The molecular weight excluding hydrogens is 340 g/mol. The summed E-state index contributed by atoms with van der Waals surface area (Å²) >= 11 is 6.38. The van der Waals surface area contributed by atoms with Gasteiger partial charge in [0, 0.05) is 36.9 Å². The molecule has 0 aromatic heterocycles. The molecule has 2 aromatic carbocycles. The first-order chi connectivity index (χ1) is 12.7. The number of rotatable bonds is 3. The number of benzene rings is 2. The molecule has 2 aromatic rings. The highest BCUT2D eigenvalue weighted by molar-refractivity contribution is 6.30. The van der Waals surface area contributed by atoms with E-state index in [-0.39, 0.29) is 5.54 Å².